The van der Waals surface area contributed by atoms with Crippen molar-refractivity contribution >= 4 is 39.0 Å². The molecular formula is C7H6BIO3. The van der Waals surface area contributed by atoms with Gasteiger partial charge in [0.1, 0.15) is 0 Å². The van der Waals surface area contributed by atoms with Gasteiger partial charge in [-0.1, -0.05) is 24.3 Å². The summed E-state index contributed by atoms with van der Waals surface area (Å²) >= 11 is 1.65. The topological polar surface area (TPSA) is 57.5 Å². The van der Waals surface area contributed by atoms with Gasteiger partial charge in [0.05, 0.1) is 0 Å². The first kappa shape index (κ1) is 9.69. The number of hydrogen-bond acceptors (Lipinski definition) is 3. The Morgan fingerprint density at radius 3 is 2.58 bits per heavy atom. The molecule has 0 spiro atoms. The molecule has 2 N–H and O–H groups in total. The van der Waals surface area contributed by atoms with E-state index in [1.54, 1.807) is 40.8 Å². The van der Waals surface area contributed by atoms with Crippen LogP contribution in [0, 0.1) is 0 Å². The zero-order valence-corrected chi connectivity index (χ0v) is 8.22. The van der Waals surface area contributed by atoms with E-state index in [9.17, 15) is 4.79 Å². The van der Waals surface area contributed by atoms with Gasteiger partial charge >= 0.3 is 7.12 Å². The summed E-state index contributed by atoms with van der Waals surface area (Å²) in [5, 5.41) is 17.5. The van der Waals surface area contributed by atoms with Crippen molar-refractivity contribution in [3.8, 4) is 0 Å². The molecular weight excluding hydrogens is 270 g/mol. The Hall–Kier alpha value is -0.395. The van der Waals surface area contributed by atoms with Crippen molar-refractivity contribution in [1.82, 2.24) is 0 Å². The fourth-order valence-corrected chi connectivity index (χ4v) is 1.16. The summed E-state index contributed by atoms with van der Waals surface area (Å²) in [6.45, 7) is 0. The van der Waals surface area contributed by atoms with Crippen molar-refractivity contribution in [3.63, 3.8) is 0 Å². The van der Waals surface area contributed by atoms with Gasteiger partial charge in [0, 0.05) is 28.2 Å². The highest BCUT2D eigenvalue weighted by Gasteiger charge is 2.11. The average molecular weight is 276 g/mol. The predicted octanol–water partition coefficient (Wildman–Crippen LogP) is -0.0584. The number of carbonyl (C=O) groups is 1. The molecule has 0 fully saturated rings. The molecule has 0 aliphatic rings. The molecule has 1 rings (SSSR count). The third-order valence-corrected chi connectivity index (χ3v) is 2.03. The lowest BCUT2D eigenvalue weighted by atomic mass is 9.80. The highest BCUT2D eigenvalue weighted by Crippen LogP contribution is 2.03. The van der Waals surface area contributed by atoms with Crippen LogP contribution in [-0.2, 0) is 0 Å². The summed E-state index contributed by atoms with van der Waals surface area (Å²) in [4.78, 5) is 10.8. The Labute approximate surface area is 83.7 Å². The van der Waals surface area contributed by atoms with E-state index in [2.05, 4.69) is 0 Å². The van der Waals surface area contributed by atoms with E-state index >= 15 is 0 Å². The Kier molecular flexibility index (Phi) is 3.24. The largest absolute Gasteiger partial charge is 0.488 e. The van der Waals surface area contributed by atoms with Gasteiger partial charge in [-0.25, -0.2) is 0 Å². The van der Waals surface area contributed by atoms with Crippen molar-refractivity contribution in [1.29, 1.82) is 0 Å². The lowest BCUT2D eigenvalue weighted by Crippen LogP contribution is -2.29. The monoisotopic (exact) mass is 276 g/mol. The fraction of sp³-hybridized carbons (Fsp3) is 0. The number of rotatable bonds is 2. The Morgan fingerprint density at radius 2 is 2.08 bits per heavy atom. The van der Waals surface area contributed by atoms with E-state index in [1.165, 1.54) is 6.07 Å². The van der Waals surface area contributed by atoms with Crippen LogP contribution in [0.4, 0.5) is 0 Å². The smallest absolute Gasteiger partial charge is 0.423 e. The van der Waals surface area contributed by atoms with Gasteiger partial charge < -0.3 is 10.0 Å². The average Bonchev–Trinajstić information content (AvgIpc) is 2.04. The second-order valence-electron chi connectivity index (χ2n) is 2.27. The van der Waals surface area contributed by atoms with Gasteiger partial charge in [-0.3, -0.25) is 4.79 Å². The van der Waals surface area contributed by atoms with Crippen LogP contribution < -0.4 is 5.46 Å². The molecule has 0 amide bonds. The minimum atomic E-state index is -1.51. The first-order chi connectivity index (χ1) is 5.61. The molecule has 0 aliphatic heterocycles. The van der Waals surface area contributed by atoms with Gasteiger partial charge in [-0.2, -0.15) is 0 Å². The third-order valence-electron chi connectivity index (χ3n) is 1.41. The second kappa shape index (κ2) is 4.02. The van der Waals surface area contributed by atoms with Crippen molar-refractivity contribution in [2.75, 3.05) is 0 Å². The molecule has 5 heteroatoms. The van der Waals surface area contributed by atoms with Crippen LogP contribution in [0.25, 0.3) is 0 Å². The van der Waals surface area contributed by atoms with Crippen LogP contribution in [0.5, 0.6) is 0 Å². The molecule has 0 bridgehead atoms. The van der Waals surface area contributed by atoms with E-state index in [-0.39, 0.29) is 3.79 Å². The third kappa shape index (κ3) is 2.29. The Balaban J connectivity index is 3.04. The summed E-state index contributed by atoms with van der Waals surface area (Å²) in [6, 6.07) is 6.24. The van der Waals surface area contributed by atoms with E-state index in [4.69, 9.17) is 10.0 Å². The maximum absolute atomic E-state index is 10.8. The first-order valence-corrected chi connectivity index (χ1v) is 4.35. The minimum Gasteiger partial charge on any atom is -0.423 e. The SMILES string of the molecule is O=C(I)c1cccc(B(O)O)c1. The van der Waals surface area contributed by atoms with Gasteiger partial charge in [0.15, 0.2) is 0 Å². The molecule has 1 aromatic rings. The van der Waals surface area contributed by atoms with Crippen LogP contribution in [-0.4, -0.2) is 21.0 Å². The fourth-order valence-electron chi connectivity index (χ4n) is 0.822. The number of carbonyl (C=O) groups excluding carboxylic acids is 1. The maximum Gasteiger partial charge on any atom is 0.488 e. The van der Waals surface area contributed by atoms with E-state index in [0.29, 0.717) is 11.0 Å². The molecule has 0 saturated heterocycles. The molecule has 62 valence electrons. The van der Waals surface area contributed by atoms with Gasteiger partial charge in [0.2, 0.25) is 3.79 Å². The van der Waals surface area contributed by atoms with E-state index in [0.717, 1.165) is 0 Å². The van der Waals surface area contributed by atoms with Crippen molar-refractivity contribution in [3.05, 3.63) is 29.8 Å². The highest BCUT2D eigenvalue weighted by atomic mass is 127. The lowest BCUT2D eigenvalue weighted by Gasteiger charge is -1.99. The van der Waals surface area contributed by atoms with Gasteiger partial charge in [-0.05, 0) is 5.46 Å². The summed E-state index contributed by atoms with van der Waals surface area (Å²) in [6.07, 6.45) is 0. The Morgan fingerprint density at radius 1 is 1.42 bits per heavy atom. The molecule has 0 atom stereocenters. The lowest BCUT2D eigenvalue weighted by molar-refractivity contribution is 0.110. The van der Waals surface area contributed by atoms with Crippen molar-refractivity contribution < 1.29 is 14.8 Å². The molecule has 0 saturated carbocycles. The zero-order valence-electron chi connectivity index (χ0n) is 6.07. The van der Waals surface area contributed by atoms with Crippen LogP contribution in [0.2, 0.25) is 0 Å². The van der Waals surface area contributed by atoms with Crippen LogP contribution in [0.3, 0.4) is 0 Å². The normalized spacial score (nSPS) is 9.58. The summed E-state index contributed by atoms with van der Waals surface area (Å²) in [5.74, 6) is 0. The standard InChI is InChI=1S/C7H6BIO3/c9-7(10)5-2-1-3-6(4-5)8(11)12/h1-4,11-12H. The number of hydrogen-bond donors (Lipinski definition) is 2. The number of halogens is 1. The molecule has 1 aromatic carbocycles. The van der Waals surface area contributed by atoms with E-state index < -0.39 is 7.12 Å². The summed E-state index contributed by atoms with van der Waals surface area (Å²) in [5.41, 5.74) is 0.804. The zero-order chi connectivity index (χ0) is 9.14. The molecule has 0 heterocycles. The Bertz CT molecular complexity index is 300. The molecule has 0 radical (unpaired) electrons. The predicted molar refractivity (Wildman–Crippen MR) is 54.6 cm³/mol. The molecule has 3 nitrogen and oxygen atoms in total. The first-order valence-electron chi connectivity index (χ1n) is 3.27. The minimum absolute atomic E-state index is 0.116. The second-order valence-corrected chi connectivity index (χ2v) is 3.25. The molecule has 0 unspecified atom stereocenters. The summed E-state index contributed by atoms with van der Waals surface area (Å²) in [7, 11) is -1.51. The maximum atomic E-state index is 10.8. The van der Waals surface area contributed by atoms with Gasteiger partial charge in [0.25, 0.3) is 0 Å². The molecule has 0 aliphatic carbocycles. The van der Waals surface area contributed by atoms with Crippen molar-refractivity contribution in [2.24, 2.45) is 0 Å². The number of benzene rings is 1. The quantitative estimate of drug-likeness (QED) is 0.452. The van der Waals surface area contributed by atoms with Crippen LogP contribution in [0.15, 0.2) is 24.3 Å². The van der Waals surface area contributed by atoms with Gasteiger partial charge in [-0.15, -0.1) is 0 Å². The summed E-state index contributed by atoms with van der Waals surface area (Å²) < 4.78 is -0.116. The molecule has 12 heavy (non-hydrogen) atoms. The van der Waals surface area contributed by atoms with Crippen molar-refractivity contribution in [2.45, 2.75) is 0 Å². The van der Waals surface area contributed by atoms with Crippen LogP contribution in [0.1, 0.15) is 10.4 Å². The van der Waals surface area contributed by atoms with Crippen LogP contribution >= 0.6 is 22.6 Å². The van der Waals surface area contributed by atoms with E-state index in [1.807, 2.05) is 0 Å². The highest BCUT2D eigenvalue weighted by molar-refractivity contribution is 14.1. The molecule has 0 aromatic heterocycles.